The molecule has 0 unspecified atom stereocenters. The Bertz CT molecular complexity index is 825. The molecule has 0 bridgehead atoms. The third-order valence-electron chi connectivity index (χ3n) is 3.18. The van der Waals surface area contributed by atoms with Crippen molar-refractivity contribution >= 4 is 23.1 Å². The number of halogens is 1. The molecule has 0 aliphatic carbocycles. The predicted molar refractivity (Wildman–Crippen MR) is 88.1 cm³/mol. The second-order valence-electron chi connectivity index (χ2n) is 5.14. The van der Waals surface area contributed by atoms with Gasteiger partial charge in [0.05, 0.1) is 16.4 Å². The van der Waals surface area contributed by atoms with Crippen LogP contribution in [0, 0.1) is 20.8 Å². The molecule has 1 N–H and O–H groups in total. The first-order valence-corrected chi connectivity index (χ1v) is 7.31. The average molecular weight is 314 g/mol. The molecule has 22 heavy (non-hydrogen) atoms. The average Bonchev–Trinajstić information content (AvgIpc) is 2.80. The van der Waals surface area contributed by atoms with Gasteiger partial charge in [0.2, 0.25) is 0 Å². The van der Waals surface area contributed by atoms with E-state index in [1.54, 1.807) is 4.68 Å². The molecule has 1 aromatic carbocycles. The van der Waals surface area contributed by atoms with Crippen molar-refractivity contribution in [1.82, 2.24) is 19.7 Å². The van der Waals surface area contributed by atoms with Crippen LogP contribution in [0.2, 0.25) is 5.02 Å². The van der Waals surface area contributed by atoms with Crippen LogP contribution in [0.25, 0.3) is 5.95 Å². The van der Waals surface area contributed by atoms with Crippen molar-refractivity contribution < 1.29 is 0 Å². The normalized spacial score (nSPS) is 10.7. The van der Waals surface area contributed by atoms with E-state index < -0.39 is 0 Å². The lowest BCUT2D eigenvalue weighted by Gasteiger charge is -2.10. The van der Waals surface area contributed by atoms with Crippen LogP contribution in [0.1, 0.15) is 17.1 Å². The summed E-state index contributed by atoms with van der Waals surface area (Å²) in [6.45, 7) is 5.85. The number of benzene rings is 1. The fourth-order valence-electron chi connectivity index (χ4n) is 2.24. The first-order valence-electron chi connectivity index (χ1n) is 6.94. The van der Waals surface area contributed by atoms with Gasteiger partial charge in [0.25, 0.3) is 5.95 Å². The summed E-state index contributed by atoms with van der Waals surface area (Å²) in [5.41, 5.74) is 3.59. The lowest BCUT2D eigenvalue weighted by Crippen LogP contribution is -2.08. The molecule has 0 spiro atoms. The molecular weight excluding hydrogens is 298 g/mol. The summed E-state index contributed by atoms with van der Waals surface area (Å²) in [6, 6.07) is 11.4. The van der Waals surface area contributed by atoms with Crippen molar-refractivity contribution in [3.05, 3.63) is 58.5 Å². The maximum absolute atomic E-state index is 6.18. The number of rotatable bonds is 3. The molecule has 0 aliphatic heterocycles. The van der Waals surface area contributed by atoms with Gasteiger partial charge in [0, 0.05) is 17.5 Å². The highest BCUT2D eigenvalue weighted by Gasteiger charge is 2.10. The van der Waals surface area contributed by atoms with Gasteiger partial charge >= 0.3 is 0 Å². The van der Waals surface area contributed by atoms with Crippen LogP contribution in [-0.4, -0.2) is 19.7 Å². The van der Waals surface area contributed by atoms with E-state index in [0.717, 1.165) is 22.8 Å². The lowest BCUT2D eigenvalue weighted by molar-refractivity contribution is 0.770. The second-order valence-corrected chi connectivity index (χ2v) is 5.55. The van der Waals surface area contributed by atoms with Crippen molar-refractivity contribution in [2.75, 3.05) is 5.32 Å². The molecule has 5 nitrogen and oxygen atoms in total. The molecule has 3 rings (SSSR count). The van der Waals surface area contributed by atoms with E-state index in [4.69, 9.17) is 11.6 Å². The van der Waals surface area contributed by atoms with Crippen LogP contribution in [0.4, 0.5) is 11.5 Å². The first kappa shape index (κ1) is 14.5. The predicted octanol–water partition coefficient (Wildman–Crippen LogP) is 3.98. The maximum atomic E-state index is 6.18. The number of hydrogen-bond acceptors (Lipinski definition) is 4. The Balaban J connectivity index is 2.00. The molecule has 0 saturated carbocycles. The van der Waals surface area contributed by atoms with E-state index in [0.29, 0.717) is 16.8 Å². The summed E-state index contributed by atoms with van der Waals surface area (Å²) in [7, 11) is 0. The zero-order valence-corrected chi connectivity index (χ0v) is 13.4. The Hall–Kier alpha value is -2.40. The number of hydrogen-bond donors (Lipinski definition) is 1. The van der Waals surface area contributed by atoms with Gasteiger partial charge in [-0.1, -0.05) is 23.7 Å². The van der Waals surface area contributed by atoms with Crippen molar-refractivity contribution in [1.29, 1.82) is 0 Å². The zero-order chi connectivity index (χ0) is 15.7. The van der Waals surface area contributed by atoms with Crippen molar-refractivity contribution in [2.45, 2.75) is 20.8 Å². The van der Waals surface area contributed by atoms with Crippen LogP contribution in [-0.2, 0) is 0 Å². The van der Waals surface area contributed by atoms with E-state index in [2.05, 4.69) is 20.4 Å². The monoisotopic (exact) mass is 313 g/mol. The van der Waals surface area contributed by atoms with Crippen LogP contribution < -0.4 is 5.32 Å². The number of aryl methyl sites for hydroxylation is 3. The molecule has 0 fully saturated rings. The van der Waals surface area contributed by atoms with Gasteiger partial charge in [-0.25, -0.2) is 9.67 Å². The van der Waals surface area contributed by atoms with Gasteiger partial charge in [0.15, 0.2) is 0 Å². The van der Waals surface area contributed by atoms with E-state index in [1.807, 2.05) is 57.2 Å². The van der Waals surface area contributed by atoms with Crippen molar-refractivity contribution in [3.63, 3.8) is 0 Å². The van der Waals surface area contributed by atoms with E-state index in [9.17, 15) is 0 Å². The van der Waals surface area contributed by atoms with Gasteiger partial charge in [-0.2, -0.15) is 10.1 Å². The van der Waals surface area contributed by atoms with E-state index in [1.165, 1.54) is 0 Å². The molecule has 0 radical (unpaired) electrons. The SMILES string of the molecule is Cc1cc(Nc2ccccc2Cl)nc(-n2nc(C)cc2C)n1. The third kappa shape index (κ3) is 2.94. The minimum absolute atomic E-state index is 0.542. The van der Waals surface area contributed by atoms with Gasteiger partial charge < -0.3 is 5.32 Å². The Morgan fingerprint density at radius 2 is 1.77 bits per heavy atom. The van der Waals surface area contributed by atoms with Crippen LogP contribution in [0.15, 0.2) is 36.4 Å². The topological polar surface area (TPSA) is 55.6 Å². The standard InChI is InChI=1S/C16H16ClN5/c1-10-9-15(19-14-7-5-4-6-13(14)17)20-16(18-10)22-12(3)8-11(2)21-22/h4-9H,1-3H3,(H,18,19,20). The summed E-state index contributed by atoms with van der Waals surface area (Å²) in [4.78, 5) is 8.99. The van der Waals surface area contributed by atoms with Gasteiger partial charge in [0.1, 0.15) is 5.82 Å². The van der Waals surface area contributed by atoms with E-state index in [-0.39, 0.29) is 0 Å². The Kier molecular flexibility index (Phi) is 3.81. The maximum Gasteiger partial charge on any atom is 0.252 e. The van der Waals surface area contributed by atoms with Crippen LogP contribution in [0.5, 0.6) is 0 Å². The highest BCUT2D eigenvalue weighted by molar-refractivity contribution is 6.33. The van der Waals surface area contributed by atoms with Gasteiger partial charge in [-0.3, -0.25) is 0 Å². The van der Waals surface area contributed by atoms with E-state index >= 15 is 0 Å². The molecule has 0 atom stereocenters. The molecule has 2 heterocycles. The molecule has 112 valence electrons. The third-order valence-corrected chi connectivity index (χ3v) is 3.51. The Labute approximate surface area is 134 Å². The highest BCUT2D eigenvalue weighted by atomic mass is 35.5. The Morgan fingerprint density at radius 3 is 2.45 bits per heavy atom. The fourth-order valence-corrected chi connectivity index (χ4v) is 2.43. The number of nitrogens with one attached hydrogen (secondary N) is 1. The van der Waals surface area contributed by atoms with Crippen LogP contribution >= 0.6 is 11.6 Å². The fraction of sp³-hybridized carbons (Fsp3) is 0.188. The molecule has 0 aliphatic rings. The van der Waals surface area contributed by atoms with Crippen molar-refractivity contribution in [2.24, 2.45) is 0 Å². The molecule has 6 heteroatoms. The summed E-state index contributed by atoms with van der Waals surface area (Å²) >= 11 is 6.18. The quantitative estimate of drug-likeness (QED) is 0.794. The molecule has 3 aromatic rings. The minimum atomic E-state index is 0.542. The molecule has 0 amide bonds. The minimum Gasteiger partial charge on any atom is -0.339 e. The highest BCUT2D eigenvalue weighted by Crippen LogP contribution is 2.24. The van der Waals surface area contributed by atoms with Crippen LogP contribution in [0.3, 0.4) is 0 Å². The number of aromatic nitrogens is 4. The summed E-state index contributed by atoms with van der Waals surface area (Å²) in [5, 5.41) is 8.30. The summed E-state index contributed by atoms with van der Waals surface area (Å²) in [5.74, 6) is 1.23. The Morgan fingerprint density at radius 1 is 1.00 bits per heavy atom. The van der Waals surface area contributed by atoms with Gasteiger partial charge in [-0.05, 0) is 39.0 Å². The largest absolute Gasteiger partial charge is 0.339 e. The second kappa shape index (κ2) is 5.77. The number of anilines is 2. The van der Waals surface area contributed by atoms with Gasteiger partial charge in [-0.15, -0.1) is 0 Å². The lowest BCUT2D eigenvalue weighted by atomic mass is 10.3. The molecule has 0 saturated heterocycles. The smallest absolute Gasteiger partial charge is 0.252 e. The molecular formula is C16H16ClN5. The number of para-hydroxylation sites is 1. The first-order chi connectivity index (χ1) is 10.5. The number of nitrogens with zero attached hydrogens (tertiary/aromatic N) is 4. The van der Waals surface area contributed by atoms with Crippen molar-refractivity contribution in [3.8, 4) is 5.95 Å². The summed E-state index contributed by atoms with van der Waals surface area (Å²) in [6.07, 6.45) is 0. The zero-order valence-electron chi connectivity index (χ0n) is 12.6. The summed E-state index contributed by atoms with van der Waals surface area (Å²) < 4.78 is 1.74. The molecule has 2 aromatic heterocycles.